The summed E-state index contributed by atoms with van der Waals surface area (Å²) < 4.78 is 47.3. The molecule has 0 unspecified atom stereocenters. The largest absolute Gasteiger partial charge is 0.479 e. The average Bonchev–Trinajstić information content (AvgIpc) is 3.39. The van der Waals surface area contributed by atoms with Crippen LogP contribution in [0.4, 0.5) is 8.78 Å². The van der Waals surface area contributed by atoms with Gasteiger partial charge in [0.25, 0.3) is 17.0 Å². The van der Waals surface area contributed by atoms with Crippen LogP contribution >= 0.6 is 11.3 Å². The van der Waals surface area contributed by atoms with E-state index in [2.05, 4.69) is 20.4 Å². The second-order valence-electron chi connectivity index (χ2n) is 9.15. The van der Waals surface area contributed by atoms with Crippen molar-refractivity contribution in [2.24, 2.45) is 0 Å². The Morgan fingerprint density at radius 2 is 2.17 bits per heavy atom. The van der Waals surface area contributed by atoms with Crippen molar-refractivity contribution in [3.05, 3.63) is 22.4 Å². The van der Waals surface area contributed by atoms with Crippen LogP contribution in [0.1, 0.15) is 42.5 Å². The second kappa shape index (κ2) is 11.6. The molecule has 2 aromatic rings. The monoisotopic (exact) mass is 514 g/mol. The number of amides is 1. The topological polar surface area (TPSA) is 99.0 Å². The Hall–Kier alpha value is -2.31. The van der Waals surface area contributed by atoms with Crippen LogP contribution in [0.15, 0.2) is 10.6 Å². The van der Waals surface area contributed by atoms with Crippen molar-refractivity contribution in [2.75, 3.05) is 40.0 Å². The number of carbonyl (C=O) groups excluding carboxylic acids is 1. The van der Waals surface area contributed by atoms with E-state index in [-0.39, 0.29) is 24.5 Å². The lowest BCUT2D eigenvalue weighted by Crippen LogP contribution is -2.44. The summed E-state index contributed by atoms with van der Waals surface area (Å²) in [5.74, 6) is -2.18. The lowest BCUT2D eigenvalue weighted by atomic mass is 10.0. The zero-order chi connectivity index (χ0) is 24.8. The first kappa shape index (κ1) is 25.8. The normalized spacial score (nSPS) is 21.3. The number of hydrogen-bond acceptors (Lipinski definition) is 9. The molecule has 2 aliphatic heterocycles. The van der Waals surface area contributed by atoms with Crippen LogP contribution in [-0.4, -0.2) is 79.0 Å². The molecule has 35 heavy (non-hydrogen) atoms. The third-order valence-corrected chi connectivity index (χ3v) is 7.18. The van der Waals surface area contributed by atoms with Gasteiger partial charge in [0, 0.05) is 43.9 Å². The van der Waals surface area contributed by atoms with E-state index in [1.54, 1.807) is 6.07 Å². The molecule has 0 saturated carbocycles. The average molecular weight is 515 g/mol. The maximum absolute atomic E-state index is 13.0. The number of carbonyl (C=O) groups is 1. The fraction of sp³-hybridized carbons (Fsp3) is 0.696. The summed E-state index contributed by atoms with van der Waals surface area (Å²) in [6.45, 7) is 3.39. The predicted molar refractivity (Wildman–Crippen MR) is 124 cm³/mol. The van der Waals surface area contributed by atoms with Gasteiger partial charge >= 0.3 is 0 Å². The van der Waals surface area contributed by atoms with Crippen LogP contribution in [0.25, 0.3) is 0 Å². The molecule has 1 N–H and O–H groups in total. The van der Waals surface area contributed by atoms with Crippen molar-refractivity contribution in [1.29, 1.82) is 0 Å². The summed E-state index contributed by atoms with van der Waals surface area (Å²) in [6, 6.07) is 1.60. The molecule has 2 atom stereocenters. The number of methoxy groups -OCH3 is 1. The van der Waals surface area contributed by atoms with Gasteiger partial charge in [0.1, 0.15) is 5.76 Å². The molecular weight excluding hydrogens is 482 g/mol. The van der Waals surface area contributed by atoms with Gasteiger partial charge in [-0.25, -0.2) is 13.8 Å². The van der Waals surface area contributed by atoms with Crippen LogP contribution in [0, 0.1) is 0 Å². The molecule has 1 fully saturated rings. The summed E-state index contributed by atoms with van der Waals surface area (Å²) in [4.78, 5) is 20.2. The van der Waals surface area contributed by atoms with Crippen LogP contribution < -0.4 is 14.8 Å². The number of rotatable bonds is 10. The summed E-state index contributed by atoms with van der Waals surface area (Å²) >= 11 is 1.38. The van der Waals surface area contributed by atoms with Crippen molar-refractivity contribution >= 4 is 17.2 Å². The van der Waals surface area contributed by atoms with Gasteiger partial charge in [-0.05, 0) is 30.8 Å². The van der Waals surface area contributed by atoms with Crippen LogP contribution in [-0.2, 0) is 28.8 Å². The quantitative estimate of drug-likeness (QED) is 0.517. The van der Waals surface area contributed by atoms with Gasteiger partial charge in [0.05, 0.1) is 38.0 Å². The highest BCUT2D eigenvalue weighted by Crippen LogP contribution is 2.29. The standard InChI is InChI=1S/C23H32F2N4O5S/c1-23(24,25)14-33-22-27-18-6-9-29(10-7-19(18)35-22)8-5-16-4-3-15(13-32-16)26-20(30)11-17-12-21(31-2)28-34-17/h12,15-16H,3-11,13-14H2,1-2H3,(H,26,30)/t15-,16+/m0/s1. The Balaban J connectivity index is 1.13. The van der Waals surface area contributed by atoms with E-state index in [1.807, 2.05) is 0 Å². The number of halogens is 2. The van der Waals surface area contributed by atoms with E-state index in [4.69, 9.17) is 18.7 Å². The molecule has 0 aromatic carbocycles. The summed E-state index contributed by atoms with van der Waals surface area (Å²) in [6.07, 6.45) is 4.62. The first-order chi connectivity index (χ1) is 16.8. The highest BCUT2D eigenvalue weighted by Gasteiger charge is 2.26. The molecule has 1 saturated heterocycles. The molecular formula is C23H32F2N4O5S. The summed E-state index contributed by atoms with van der Waals surface area (Å²) in [7, 11) is 1.49. The van der Waals surface area contributed by atoms with Crippen molar-refractivity contribution in [3.8, 4) is 11.1 Å². The number of nitrogens with zero attached hydrogens (tertiary/aromatic N) is 3. The van der Waals surface area contributed by atoms with E-state index in [0.717, 1.165) is 69.2 Å². The molecule has 9 nitrogen and oxygen atoms in total. The molecule has 1 amide bonds. The first-order valence-corrected chi connectivity index (χ1v) is 12.7. The number of ether oxygens (including phenoxy) is 3. The van der Waals surface area contributed by atoms with Gasteiger partial charge in [-0.1, -0.05) is 11.3 Å². The van der Waals surface area contributed by atoms with E-state index >= 15 is 0 Å². The van der Waals surface area contributed by atoms with Gasteiger partial charge in [-0.15, -0.1) is 0 Å². The number of nitrogens with one attached hydrogen (secondary N) is 1. The van der Waals surface area contributed by atoms with Gasteiger partial charge in [-0.3, -0.25) is 4.79 Å². The van der Waals surface area contributed by atoms with E-state index in [9.17, 15) is 13.6 Å². The van der Waals surface area contributed by atoms with Crippen LogP contribution in [0.2, 0.25) is 0 Å². The number of aromatic nitrogens is 2. The molecule has 2 aliphatic rings. The number of fused-ring (bicyclic) bond motifs is 1. The molecule has 4 heterocycles. The Labute approximate surface area is 207 Å². The Morgan fingerprint density at radius 1 is 1.34 bits per heavy atom. The molecule has 4 rings (SSSR count). The van der Waals surface area contributed by atoms with Gasteiger partial charge in [0.15, 0.2) is 6.61 Å². The highest BCUT2D eigenvalue weighted by atomic mass is 32.1. The number of thiazole rings is 1. The zero-order valence-electron chi connectivity index (χ0n) is 20.1. The van der Waals surface area contributed by atoms with Gasteiger partial charge in [-0.2, -0.15) is 0 Å². The Kier molecular flexibility index (Phi) is 8.55. The van der Waals surface area contributed by atoms with Crippen molar-refractivity contribution in [3.63, 3.8) is 0 Å². The highest BCUT2D eigenvalue weighted by molar-refractivity contribution is 7.13. The first-order valence-electron chi connectivity index (χ1n) is 11.9. The fourth-order valence-corrected chi connectivity index (χ4v) is 5.19. The molecule has 0 aliphatic carbocycles. The van der Waals surface area contributed by atoms with Crippen molar-refractivity contribution in [2.45, 2.75) is 63.5 Å². The van der Waals surface area contributed by atoms with E-state index in [1.165, 1.54) is 18.4 Å². The minimum absolute atomic E-state index is 0.00659. The molecule has 0 radical (unpaired) electrons. The molecule has 12 heteroatoms. The van der Waals surface area contributed by atoms with E-state index < -0.39 is 12.5 Å². The number of hydrogen-bond donors (Lipinski definition) is 1. The number of alkyl halides is 2. The third-order valence-electron chi connectivity index (χ3n) is 6.11. The predicted octanol–water partition coefficient (Wildman–Crippen LogP) is 2.87. The minimum Gasteiger partial charge on any atom is -0.479 e. The lowest BCUT2D eigenvalue weighted by Gasteiger charge is -2.31. The SMILES string of the molecule is COc1cc(CC(=O)N[C@H]2CC[C@H](CCN3CCc4nc(OCC(C)(F)F)sc4CC3)OC2)on1. The summed E-state index contributed by atoms with van der Waals surface area (Å²) in [5.41, 5.74) is 0.961. The third kappa shape index (κ3) is 7.84. The lowest BCUT2D eigenvalue weighted by molar-refractivity contribution is -0.123. The fourth-order valence-electron chi connectivity index (χ4n) is 4.24. The van der Waals surface area contributed by atoms with Gasteiger partial charge < -0.3 is 29.0 Å². The molecule has 0 spiro atoms. The van der Waals surface area contributed by atoms with E-state index in [0.29, 0.717) is 23.4 Å². The van der Waals surface area contributed by atoms with Gasteiger partial charge in [0.2, 0.25) is 5.91 Å². The van der Waals surface area contributed by atoms with Crippen LogP contribution in [0.5, 0.6) is 11.1 Å². The smallest absolute Gasteiger partial charge is 0.278 e. The maximum atomic E-state index is 13.0. The molecule has 194 valence electrons. The van der Waals surface area contributed by atoms with Crippen molar-refractivity contribution in [1.82, 2.24) is 20.4 Å². The summed E-state index contributed by atoms with van der Waals surface area (Å²) in [5, 5.41) is 7.03. The minimum atomic E-state index is -2.86. The molecule has 2 aromatic heterocycles. The maximum Gasteiger partial charge on any atom is 0.278 e. The van der Waals surface area contributed by atoms with Crippen molar-refractivity contribution < 1.29 is 32.3 Å². The second-order valence-corrected chi connectivity index (χ2v) is 10.2. The zero-order valence-corrected chi connectivity index (χ0v) is 20.9. The Morgan fingerprint density at radius 3 is 2.89 bits per heavy atom. The Bertz CT molecular complexity index is 946. The van der Waals surface area contributed by atoms with Crippen LogP contribution in [0.3, 0.4) is 0 Å². The molecule has 0 bridgehead atoms.